The third-order valence-electron chi connectivity index (χ3n) is 5.72. The van der Waals surface area contributed by atoms with Gasteiger partial charge in [0.1, 0.15) is 18.1 Å². The molecule has 2 aromatic heterocycles. The number of aromatic nitrogens is 2. The van der Waals surface area contributed by atoms with Crippen LogP contribution in [0.25, 0.3) is 10.9 Å². The third-order valence-corrected chi connectivity index (χ3v) is 5.72. The average molecular weight is 378 g/mol. The van der Waals surface area contributed by atoms with Crippen molar-refractivity contribution >= 4 is 16.9 Å². The Morgan fingerprint density at radius 1 is 1.29 bits per heavy atom. The van der Waals surface area contributed by atoms with Gasteiger partial charge in [-0.2, -0.15) is 0 Å². The number of aryl methyl sites for hydroxylation is 2. The van der Waals surface area contributed by atoms with Crippen LogP contribution in [-0.2, 0) is 24.2 Å². The zero-order valence-electron chi connectivity index (χ0n) is 16.9. The first-order valence-electron chi connectivity index (χ1n) is 9.82. The molecule has 28 heavy (non-hydrogen) atoms. The van der Waals surface area contributed by atoms with Crippen molar-refractivity contribution in [3.8, 4) is 0 Å². The lowest BCUT2D eigenvalue weighted by Gasteiger charge is -2.35. The number of benzene rings is 1. The van der Waals surface area contributed by atoms with Crippen molar-refractivity contribution in [2.24, 2.45) is 11.3 Å². The number of carbonyl (C=O) groups excluding carboxylic acids is 1. The summed E-state index contributed by atoms with van der Waals surface area (Å²) in [6.45, 7) is 8.72. The summed E-state index contributed by atoms with van der Waals surface area (Å²) in [5.74, 6) is 0.892. The minimum atomic E-state index is -0.315. The maximum Gasteiger partial charge on any atom is 0.339 e. The highest BCUT2D eigenvalue weighted by Crippen LogP contribution is 2.39. The Bertz CT molecular complexity index is 1030. The van der Waals surface area contributed by atoms with Gasteiger partial charge in [-0.15, -0.1) is 0 Å². The third kappa shape index (κ3) is 3.53. The minimum absolute atomic E-state index is 0.101. The van der Waals surface area contributed by atoms with Gasteiger partial charge in [0.2, 0.25) is 0 Å². The minimum Gasteiger partial charge on any atom is -0.455 e. The molecule has 5 heteroatoms. The fraction of sp³-hybridized carbons (Fsp3) is 0.435. The molecule has 4 rings (SSSR count). The van der Waals surface area contributed by atoms with Crippen molar-refractivity contribution in [1.29, 1.82) is 0 Å². The number of rotatable bonds is 3. The number of carbonyl (C=O) groups is 1. The van der Waals surface area contributed by atoms with Crippen molar-refractivity contribution < 1.29 is 14.1 Å². The summed E-state index contributed by atoms with van der Waals surface area (Å²) in [6.07, 6.45) is 2.84. The lowest BCUT2D eigenvalue weighted by Crippen LogP contribution is -2.29. The van der Waals surface area contributed by atoms with Crippen LogP contribution in [0.3, 0.4) is 0 Å². The molecule has 2 heterocycles. The van der Waals surface area contributed by atoms with E-state index in [0.717, 1.165) is 41.4 Å². The van der Waals surface area contributed by atoms with E-state index in [1.54, 1.807) is 6.07 Å². The van der Waals surface area contributed by atoms with Crippen LogP contribution in [-0.4, -0.2) is 16.1 Å². The molecule has 3 aromatic rings. The Labute approximate surface area is 165 Å². The van der Waals surface area contributed by atoms with Gasteiger partial charge in [-0.25, -0.2) is 4.79 Å². The molecule has 0 amide bonds. The smallest absolute Gasteiger partial charge is 0.339 e. The lowest BCUT2D eigenvalue weighted by atomic mass is 9.70. The summed E-state index contributed by atoms with van der Waals surface area (Å²) in [5.41, 5.74) is 4.39. The molecule has 5 nitrogen and oxygen atoms in total. The van der Waals surface area contributed by atoms with Gasteiger partial charge in [0.05, 0.1) is 11.1 Å². The van der Waals surface area contributed by atoms with Crippen molar-refractivity contribution in [2.45, 2.75) is 53.6 Å². The molecule has 0 radical (unpaired) electrons. The molecule has 0 aliphatic heterocycles. The molecule has 0 fully saturated rings. The molecule has 1 aliphatic carbocycles. The van der Waals surface area contributed by atoms with E-state index in [1.165, 1.54) is 0 Å². The Morgan fingerprint density at radius 2 is 2.07 bits per heavy atom. The van der Waals surface area contributed by atoms with Crippen molar-refractivity contribution in [1.82, 2.24) is 10.1 Å². The van der Waals surface area contributed by atoms with Crippen LogP contribution >= 0.6 is 0 Å². The van der Waals surface area contributed by atoms with Gasteiger partial charge < -0.3 is 9.26 Å². The molecule has 0 saturated carbocycles. The zero-order valence-corrected chi connectivity index (χ0v) is 16.9. The van der Waals surface area contributed by atoms with E-state index in [2.05, 4.69) is 25.9 Å². The van der Waals surface area contributed by atoms with Crippen molar-refractivity contribution in [2.75, 3.05) is 0 Å². The number of pyridine rings is 1. The maximum absolute atomic E-state index is 13.2. The highest BCUT2D eigenvalue weighted by molar-refractivity contribution is 6.05. The van der Waals surface area contributed by atoms with Gasteiger partial charge >= 0.3 is 5.97 Å². The monoisotopic (exact) mass is 378 g/mol. The van der Waals surface area contributed by atoms with Crippen LogP contribution in [0.4, 0.5) is 0 Å². The number of hydrogen-bond acceptors (Lipinski definition) is 5. The van der Waals surface area contributed by atoms with E-state index in [0.29, 0.717) is 22.9 Å². The second-order valence-electron chi connectivity index (χ2n) is 8.74. The Kier molecular flexibility index (Phi) is 4.69. The van der Waals surface area contributed by atoms with E-state index >= 15 is 0 Å². The summed E-state index contributed by atoms with van der Waals surface area (Å²) in [5, 5.41) is 4.77. The van der Waals surface area contributed by atoms with Gasteiger partial charge in [-0.3, -0.25) is 4.98 Å². The van der Waals surface area contributed by atoms with Gasteiger partial charge in [0.15, 0.2) is 0 Å². The van der Waals surface area contributed by atoms with E-state index in [4.69, 9.17) is 14.2 Å². The first-order chi connectivity index (χ1) is 13.3. The molecule has 1 atom stereocenters. The first-order valence-corrected chi connectivity index (χ1v) is 9.82. The molecular formula is C23H26N2O3. The second kappa shape index (κ2) is 7.04. The maximum atomic E-state index is 13.2. The lowest BCUT2D eigenvalue weighted by molar-refractivity contribution is 0.0463. The molecular weight excluding hydrogens is 352 g/mol. The summed E-state index contributed by atoms with van der Waals surface area (Å²) in [7, 11) is 0. The Balaban J connectivity index is 1.74. The average Bonchev–Trinajstić information content (AvgIpc) is 3.08. The molecule has 146 valence electrons. The van der Waals surface area contributed by atoms with Crippen LogP contribution in [0.2, 0.25) is 0 Å². The highest BCUT2D eigenvalue weighted by Gasteiger charge is 2.33. The van der Waals surface area contributed by atoms with Gasteiger partial charge in [-0.1, -0.05) is 44.1 Å². The number of ether oxygens (including phenoxy) is 1. The van der Waals surface area contributed by atoms with Crippen LogP contribution in [0, 0.1) is 18.3 Å². The predicted octanol–water partition coefficient (Wildman–Crippen LogP) is 5.04. The number of fused-ring (bicyclic) bond motifs is 2. The molecule has 0 bridgehead atoms. The number of para-hydroxylation sites is 1. The van der Waals surface area contributed by atoms with Crippen LogP contribution in [0.1, 0.15) is 60.3 Å². The largest absolute Gasteiger partial charge is 0.455 e. The Hall–Kier alpha value is -2.69. The fourth-order valence-electron chi connectivity index (χ4n) is 4.06. The molecule has 0 spiro atoms. The summed E-state index contributed by atoms with van der Waals surface area (Å²) in [6, 6.07) is 9.60. The van der Waals surface area contributed by atoms with Crippen molar-refractivity contribution in [3.63, 3.8) is 0 Å². The van der Waals surface area contributed by atoms with E-state index in [1.807, 2.05) is 31.2 Å². The summed E-state index contributed by atoms with van der Waals surface area (Å²) < 4.78 is 10.7. The molecule has 1 aliphatic rings. The molecule has 0 unspecified atom stereocenters. The van der Waals surface area contributed by atoms with Crippen molar-refractivity contribution in [3.05, 3.63) is 58.6 Å². The molecule has 0 saturated heterocycles. The summed E-state index contributed by atoms with van der Waals surface area (Å²) >= 11 is 0. The zero-order chi connectivity index (χ0) is 19.9. The number of esters is 1. The quantitative estimate of drug-likeness (QED) is 0.598. The van der Waals surface area contributed by atoms with E-state index in [9.17, 15) is 4.79 Å². The predicted molar refractivity (Wildman–Crippen MR) is 107 cm³/mol. The standard InChI is InChI=1S/C23H26N2O3/c1-14-11-16(25-28-14)13-27-22(26)21-17-7-5-6-8-19(17)24-20-10-9-15(12-18(20)21)23(2,3)4/h5-8,11,15H,9-10,12-13H2,1-4H3/t15-/m0/s1. The number of hydrogen-bond donors (Lipinski definition) is 0. The SMILES string of the molecule is Cc1cc(COC(=O)c2c3c(nc4ccccc24)CC[C@H](C(C)(C)C)C3)no1. The molecule has 0 N–H and O–H groups in total. The topological polar surface area (TPSA) is 65.2 Å². The van der Waals surface area contributed by atoms with Crippen LogP contribution in [0.15, 0.2) is 34.9 Å². The fourth-order valence-corrected chi connectivity index (χ4v) is 4.06. The number of nitrogens with zero attached hydrogens (tertiary/aromatic N) is 2. The van der Waals surface area contributed by atoms with Gasteiger partial charge in [0.25, 0.3) is 0 Å². The Morgan fingerprint density at radius 3 is 2.79 bits per heavy atom. The normalized spacial score (nSPS) is 16.8. The van der Waals surface area contributed by atoms with E-state index in [-0.39, 0.29) is 18.0 Å². The van der Waals surface area contributed by atoms with Crippen LogP contribution in [0.5, 0.6) is 0 Å². The van der Waals surface area contributed by atoms with Gasteiger partial charge in [-0.05, 0) is 49.1 Å². The van der Waals surface area contributed by atoms with E-state index < -0.39 is 0 Å². The van der Waals surface area contributed by atoms with Gasteiger partial charge in [0, 0.05) is 17.1 Å². The highest BCUT2D eigenvalue weighted by atomic mass is 16.5. The summed E-state index contributed by atoms with van der Waals surface area (Å²) in [4.78, 5) is 18.0. The van der Waals surface area contributed by atoms with Crippen LogP contribution < -0.4 is 0 Å². The first kappa shape index (κ1) is 18.7. The second-order valence-corrected chi connectivity index (χ2v) is 8.74. The molecule has 1 aromatic carbocycles.